The number of thioether (sulfide) groups is 1. The predicted molar refractivity (Wildman–Crippen MR) is 97.1 cm³/mol. The van der Waals surface area contributed by atoms with E-state index in [1.165, 1.54) is 10.5 Å². The summed E-state index contributed by atoms with van der Waals surface area (Å²) in [5, 5.41) is 2.93. The molecule has 2 aromatic carbocycles. The zero-order valence-electron chi connectivity index (χ0n) is 14.1. The number of rotatable bonds is 5. The molecule has 0 saturated heterocycles. The van der Waals surface area contributed by atoms with Crippen molar-refractivity contribution in [3.8, 4) is 5.75 Å². The monoisotopic (exact) mass is 329 g/mol. The number of hydrogen-bond acceptors (Lipinski definition) is 3. The Labute approximate surface area is 142 Å². The summed E-state index contributed by atoms with van der Waals surface area (Å²) in [6, 6.07) is 16.1. The van der Waals surface area contributed by atoms with Gasteiger partial charge in [-0.05, 0) is 42.0 Å². The number of carbonyl (C=O) groups is 1. The lowest BCUT2D eigenvalue weighted by Gasteiger charge is -2.17. The first-order valence-electron chi connectivity index (χ1n) is 7.56. The van der Waals surface area contributed by atoms with E-state index in [4.69, 9.17) is 4.74 Å². The van der Waals surface area contributed by atoms with Gasteiger partial charge < -0.3 is 10.1 Å². The van der Waals surface area contributed by atoms with E-state index in [1.807, 2.05) is 57.2 Å². The van der Waals surface area contributed by atoms with Gasteiger partial charge in [0.2, 0.25) is 5.91 Å². The Bertz CT molecular complexity index is 643. The molecule has 0 unspecified atom stereocenters. The molecule has 0 saturated carbocycles. The number of methoxy groups -OCH3 is 1. The molecule has 0 aliphatic rings. The first-order valence-corrected chi connectivity index (χ1v) is 8.54. The summed E-state index contributed by atoms with van der Waals surface area (Å²) >= 11 is 1.77. The summed E-state index contributed by atoms with van der Waals surface area (Å²) in [5.74, 6) is 1.80. The maximum atomic E-state index is 12.0. The molecule has 0 atom stereocenters. The van der Waals surface area contributed by atoms with Crippen molar-refractivity contribution in [1.82, 2.24) is 0 Å². The van der Waals surface area contributed by atoms with Crippen molar-refractivity contribution in [3.05, 3.63) is 54.1 Å². The van der Waals surface area contributed by atoms with Crippen LogP contribution in [0.2, 0.25) is 0 Å². The molecule has 2 rings (SSSR count). The quantitative estimate of drug-likeness (QED) is 0.787. The topological polar surface area (TPSA) is 38.3 Å². The SMILES string of the molecule is COc1ccc(CSc2ccc(NC(=O)C(C)(C)C)cc2)cc1. The normalized spacial score (nSPS) is 11.1. The molecule has 0 spiro atoms. The lowest BCUT2D eigenvalue weighted by molar-refractivity contribution is -0.123. The largest absolute Gasteiger partial charge is 0.497 e. The lowest BCUT2D eigenvalue weighted by Crippen LogP contribution is -2.27. The summed E-state index contributed by atoms with van der Waals surface area (Å²) in [6.45, 7) is 5.71. The second-order valence-corrected chi connectivity index (χ2v) is 7.41. The van der Waals surface area contributed by atoms with Crippen LogP contribution in [0.3, 0.4) is 0 Å². The van der Waals surface area contributed by atoms with E-state index in [0.717, 1.165) is 17.2 Å². The molecule has 0 fully saturated rings. The predicted octanol–water partition coefficient (Wildman–Crippen LogP) is 4.97. The fraction of sp³-hybridized carbons (Fsp3) is 0.316. The Balaban J connectivity index is 1.90. The molecule has 0 heterocycles. The fourth-order valence-corrected chi connectivity index (χ4v) is 2.70. The third kappa shape index (κ3) is 5.32. The third-order valence-corrected chi connectivity index (χ3v) is 4.44. The molecular weight excluding hydrogens is 306 g/mol. The average molecular weight is 329 g/mol. The molecule has 0 radical (unpaired) electrons. The average Bonchev–Trinajstić information content (AvgIpc) is 2.54. The van der Waals surface area contributed by atoms with Gasteiger partial charge in [-0.2, -0.15) is 0 Å². The van der Waals surface area contributed by atoms with Crippen LogP contribution in [0.25, 0.3) is 0 Å². The van der Waals surface area contributed by atoms with Gasteiger partial charge in [0.05, 0.1) is 7.11 Å². The van der Waals surface area contributed by atoms with Crippen LogP contribution in [0, 0.1) is 5.41 Å². The lowest BCUT2D eigenvalue weighted by atomic mass is 9.95. The minimum Gasteiger partial charge on any atom is -0.497 e. The standard InChI is InChI=1S/C19H23NO2S/c1-19(2,3)18(21)20-15-7-11-17(12-8-15)23-13-14-5-9-16(22-4)10-6-14/h5-12H,13H2,1-4H3,(H,20,21). The molecule has 0 aliphatic heterocycles. The highest BCUT2D eigenvalue weighted by Gasteiger charge is 2.20. The summed E-state index contributed by atoms with van der Waals surface area (Å²) < 4.78 is 5.16. The molecule has 122 valence electrons. The van der Waals surface area contributed by atoms with Gasteiger partial charge >= 0.3 is 0 Å². The van der Waals surface area contributed by atoms with Crippen LogP contribution in [0.15, 0.2) is 53.4 Å². The van der Waals surface area contributed by atoms with Crippen LogP contribution in [0.1, 0.15) is 26.3 Å². The number of amides is 1. The maximum Gasteiger partial charge on any atom is 0.229 e. The van der Waals surface area contributed by atoms with Crippen LogP contribution in [0.5, 0.6) is 5.75 Å². The van der Waals surface area contributed by atoms with E-state index in [2.05, 4.69) is 17.4 Å². The molecule has 1 N–H and O–H groups in total. The second-order valence-electron chi connectivity index (χ2n) is 6.37. The number of anilines is 1. The molecule has 4 heteroatoms. The molecule has 23 heavy (non-hydrogen) atoms. The zero-order chi connectivity index (χ0) is 16.9. The van der Waals surface area contributed by atoms with E-state index in [0.29, 0.717) is 0 Å². The van der Waals surface area contributed by atoms with Gasteiger partial charge in [-0.1, -0.05) is 32.9 Å². The Morgan fingerprint density at radius 1 is 1.04 bits per heavy atom. The molecule has 2 aromatic rings. The highest BCUT2D eigenvalue weighted by molar-refractivity contribution is 7.98. The van der Waals surface area contributed by atoms with Crippen molar-refractivity contribution >= 4 is 23.4 Å². The van der Waals surface area contributed by atoms with Gasteiger partial charge in [0.1, 0.15) is 5.75 Å². The van der Waals surface area contributed by atoms with Crippen LogP contribution < -0.4 is 10.1 Å². The summed E-state index contributed by atoms with van der Waals surface area (Å²) in [5.41, 5.74) is 1.70. The number of benzene rings is 2. The molecule has 0 aliphatic carbocycles. The van der Waals surface area contributed by atoms with Crippen molar-refractivity contribution in [1.29, 1.82) is 0 Å². The molecule has 0 aromatic heterocycles. The zero-order valence-corrected chi connectivity index (χ0v) is 14.9. The van der Waals surface area contributed by atoms with E-state index in [-0.39, 0.29) is 11.3 Å². The fourth-order valence-electron chi connectivity index (χ4n) is 1.84. The minimum absolute atomic E-state index is 0.0242. The molecular formula is C19H23NO2S. The summed E-state index contributed by atoms with van der Waals surface area (Å²) in [4.78, 5) is 13.1. The number of hydrogen-bond donors (Lipinski definition) is 1. The summed E-state index contributed by atoms with van der Waals surface area (Å²) in [6.07, 6.45) is 0. The first-order chi connectivity index (χ1) is 10.9. The Morgan fingerprint density at radius 2 is 1.65 bits per heavy atom. The maximum absolute atomic E-state index is 12.0. The van der Waals surface area contributed by atoms with Crippen molar-refractivity contribution < 1.29 is 9.53 Å². The van der Waals surface area contributed by atoms with Crippen molar-refractivity contribution in [2.75, 3.05) is 12.4 Å². The summed E-state index contributed by atoms with van der Waals surface area (Å²) in [7, 11) is 1.67. The molecule has 0 bridgehead atoms. The van der Waals surface area contributed by atoms with Crippen LogP contribution in [-0.2, 0) is 10.5 Å². The van der Waals surface area contributed by atoms with E-state index >= 15 is 0 Å². The van der Waals surface area contributed by atoms with Gasteiger partial charge in [-0.15, -0.1) is 11.8 Å². The first kappa shape index (κ1) is 17.4. The second kappa shape index (κ2) is 7.55. The Hall–Kier alpha value is -1.94. The molecule has 1 amide bonds. The van der Waals surface area contributed by atoms with Gasteiger partial charge in [0.25, 0.3) is 0 Å². The van der Waals surface area contributed by atoms with Crippen molar-refractivity contribution in [3.63, 3.8) is 0 Å². The Kier molecular flexibility index (Phi) is 5.72. The van der Waals surface area contributed by atoms with E-state index in [1.54, 1.807) is 18.9 Å². The number of nitrogens with one attached hydrogen (secondary N) is 1. The van der Waals surface area contributed by atoms with Gasteiger partial charge in [0.15, 0.2) is 0 Å². The molecule has 3 nitrogen and oxygen atoms in total. The highest BCUT2D eigenvalue weighted by Crippen LogP contribution is 2.26. The Morgan fingerprint density at radius 3 is 2.17 bits per heavy atom. The highest BCUT2D eigenvalue weighted by atomic mass is 32.2. The number of carbonyl (C=O) groups excluding carboxylic acids is 1. The van der Waals surface area contributed by atoms with E-state index in [9.17, 15) is 4.79 Å². The van der Waals surface area contributed by atoms with Crippen LogP contribution in [-0.4, -0.2) is 13.0 Å². The van der Waals surface area contributed by atoms with Crippen molar-refractivity contribution in [2.24, 2.45) is 5.41 Å². The van der Waals surface area contributed by atoms with Crippen LogP contribution >= 0.6 is 11.8 Å². The van der Waals surface area contributed by atoms with E-state index < -0.39 is 0 Å². The smallest absolute Gasteiger partial charge is 0.229 e. The minimum atomic E-state index is -0.387. The van der Waals surface area contributed by atoms with Gasteiger partial charge in [0, 0.05) is 21.8 Å². The van der Waals surface area contributed by atoms with Gasteiger partial charge in [-0.3, -0.25) is 4.79 Å². The van der Waals surface area contributed by atoms with Gasteiger partial charge in [-0.25, -0.2) is 0 Å². The third-order valence-electron chi connectivity index (χ3n) is 3.36. The van der Waals surface area contributed by atoms with Crippen LogP contribution in [0.4, 0.5) is 5.69 Å². The number of ether oxygens (including phenoxy) is 1. The van der Waals surface area contributed by atoms with Crippen molar-refractivity contribution in [2.45, 2.75) is 31.4 Å².